The fraction of sp³-hybridized carbons (Fsp3) is 0.375. The van der Waals surface area contributed by atoms with Crippen molar-refractivity contribution in [1.82, 2.24) is 14.7 Å². The molecule has 126 valence electrons. The Balaban J connectivity index is 1.74. The van der Waals surface area contributed by atoms with E-state index in [2.05, 4.69) is 0 Å². The number of carbonyl (C=O) groups is 4. The molecule has 5 amide bonds. The smallest absolute Gasteiger partial charge is 0.334 e. The van der Waals surface area contributed by atoms with E-state index in [-0.39, 0.29) is 12.6 Å². The average Bonchev–Trinajstić information content (AvgIpc) is 3.38. The third-order valence-corrected chi connectivity index (χ3v) is 4.15. The summed E-state index contributed by atoms with van der Waals surface area (Å²) in [7, 11) is 1.19. The van der Waals surface area contributed by atoms with Gasteiger partial charge in [0, 0.05) is 25.2 Å². The van der Waals surface area contributed by atoms with Crippen molar-refractivity contribution >= 4 is 23.8 Å². The monoisotopic (exact) mass is 333 g/mol. The molecule has 8 heteroatoms. The first kappa shape index (κ1) is 16.1. The fourth-order valence-corrected chi connectivity index (χ4v) is 2.60. The summed E-state index contributed by atoms with van der Waals surface area (Å²) in [4.78, 5) is 50.4. The van der Waals surface area contributed by atoms with E-state index < -0.39 is 36.1 Å². The standard InChI is InChI=1S/C16H16FN3O4/c1-18-14(22)15(23)20(16(18)24)9-13(21)19(11-6-7-11)8-10-4-2-3-5-12(10)17/h2-5,11H,6-9H2,1H3. The Morgan fingerprint density at radius 1 is 1.21 bits per heavy atom. The molecule has 0 radical (unpaired) electrons. The number of amides is 5. The van der Waals surface area contributed by atoms with Crippen molar-refractivity contribution < 1.29 is 23.6 Å². The van der Waals surface area contributed by atoms with Gasteiger partial charge in [-0.05, 0) is 18.9 Å². The Bertz CT molecular complexity index is 732. The summed E-state index contributed by atoms with van der Waals surface area (Å²) in [6.07, 6.45) is 1.59. The van der Waals surface area contributed by atoms with Crippen LogP contribution in [0.3, 0.4) is 0 Å². The lowest BCUT2D eigenvalue weighted by atomic mass is 10.2. The Morgan fingerprint density at radius 3 is 2.42 bits per heavy atom. The van der Waals surface area contributed by atoms with E-state index in [1.54, 1.807) is 18.2 Å². The van der Waals surface area contributed by atoms with Gasteiger partial charge >= 0.3 is 17.8 Å². The van der Waals surface area contributed by atoms with Gasteiger partial charge in [-0.25, -0.2) is 14.1 Å². The minimum absolute atomic E-state index is 0.0293. The first-order chi connectivity index (χ1) is 11.4. The normalized spacial score (nSPS) is 17.7. The van der Waals surface area contributed by atoms with E-state index >= 15 is 0 Å². The largest absolute Gasteiger partial charge is 0.334 e. The van der Waals surface area contributed by atoms with Crippen LogP contribution in [0.2, 0.25) is 0 Å². The van der Waals surface area contributed by atoms with Crippen LogP contribution < -0.4 is 0 Å². The number of halogens is 1. The summed E-state index contributed by atoms with van der Waals surface area (Å²) in [6, 6.07) is 5.28. The summed E-state index contributed by atoms with van der Waals surface area (Å²) in [6.45, 7) is -0.450. The zero-order chi connectivity index (χ0) is 17.4. The van der Waals surface area contributed by atoms with Crippen molar-refractivity contribution in [3.8, 4) is 0 Å². The van der Waals surface area contributed by atoms with E-state index in [9.17, 15) is 23.6 Å². The molecule has 3 rings (SSSR count). The molecule has 1 aliphatic heterocycles. The molecule has 1 aliphatic carbocycles. The number of nitrogens with zero attached hydrogens (tertiary/aromatic N) is 3. The van der Waals surface area contributed by atoms with Crippen LogP contribution in [-0.2, 0) is 20.9 Å². The number of likely N-dealkylation sites (N-methyl/N-ethyl adjacent to an activating group) is 1. The van der Waals surface area contributed by atoms with Crippen LogP contribution in [0, 0.1) is 5.82 Å². The number of benzene rings is 1. The molecule has 1 saturated carbocycles. The van der Waals surface area contributed by atoms with Gasteiger partial charge in [0.1, 0.15) is 12.4 Å². The van der Waals surface area contributed by atoms with Crippen LogP contribution in [0.15, 0.2) is 24.3 Å². The van der Waals surface area contributed by atoms with Gasteiger partial charge < -0.3 is 4.90 Å². The number of imide groups is 2. The summed E-state index contributed by atoms with van der Waals surface area (Å²) >= 11 is 0. The van der Waals surface area contributed by atoms with Gasteiger partial charge in [0.05, 0.1) is 0 Å². The number of hydrogen-bond donors (Lipinski definition) is 0. The van der Waals surface area contributed by atoms with Gasteiger partial charge in [-0.15, -0.1) is 0 Å². The van der Waals surface area contributed by atoms with Crippen LogP contribution in [0.25, 0.3) is 0 Å². The van der Waals surface area contributed by atoms with Crippen molar-refractivity contribution in [2.45, 2.75) is 25.4 Å². The topological polar surface area (TPSA) is 78.0 Å². The molecule has 1 heterocycles. The van der Waals surface area contributed by atoms with E-state index in [0.29, 0.717) is 15.4 Å². The summed E-state index contributed by atoms with van der Waals surface area (Å²) in [5.74, 6) is -2.87. The lowest BCUT2D eigenvalue weighted by Crippen LogP contribution is -2.44. The van der Waals surface area contributed by atoms with Crippen molar-refractivity contribution in [3.63, 3.8) is 0 Å². The summed E-state index contributed by atoms with van der Waals surface area (Å²) < 4.78 is 13.8. The Kier molecular flexibility index (Phi) is 4.04. The highest BCUT2D eigenvalue weighted by atomic mass is 19.1. The van der Waals surface area contributed by atoms with Crippen LogP contribution in [-0.4, -0.2) is 58.1 Å². The quantitative estimate of drug-likeness (QED) is 0.588. The van der Waals surface area contributed by atoms with Crippen LogP contribution in [0.1, 0.15) is 18.4 Å². The average molecular weight is 333 g/mol. The van der Waals surface area contributed by atoms with E-state index in [0.717, 1.165) is 12.8 Å². The molecule has 2 fully saturated rings. The predicted octanol–water partition coefficient (Wildman–Crippen LogP) is 0.737. The van der Waals surface area contributed by atoms with Crippen molar-refractivity contribution in [1.29, 1.82) is 0 Å². The molecule has 1 aromatic rings. The maximum Gasteiger partial charge on any atom is 0.334 e. The Labute approximate surface area is 137 Å². The molecule has 0 atom stereocenters. The summed E-state index contributed by atoms with van der Waals surface area (Å²) in [5.41, 5.74) is 0.366. The molecule has 24 heavy (non-hydrogen) atoms. The highest BCUT2D eigenvalue weighted by Gasteiger charge is 2.44. The lowest BCUT2D eigenvalue weighted by molar-refractivity contribution is -0.144. The van der Waals surface area contributed by atoms with Crippen LogP contribution in [0.5, 0.6) is 0 Å². The molecular formula is C16H16FN3O4. The molecule has 0 bridgehead atoms. The molecule has 0 N–H and O–H groups in total. The second-order valence-electron chi connectivity index (χ2n) is 5.88. The van der Waals surface area contributed by atoms with Gasteiger partial charge in [-0.2, -0.15) is 0 Å². The fourth-order valence-electron chi connectivity index (χ4n) is 2.60. The Morgan fingerprint density at radius 2 is 1.88 bits per heavy atom. The van der Waals surface area contributed by atoms with Crippen molar-refractivity contribution in [2.24, 2.45) is 0 Å². The SMILES string of the molecule is CN1C(=O)C(=O)N(CC(=O)N(Cc2ccccc2F)C2CC2)C1=O. The molecule has 1 aromatic carbocycles. The first-order valence-corrected chi connectivity index (χ1v) is 7.56. The molecule has 2 aliphatic rings. The molecule has 0 spiro atoms. The van der Waals surface area contributed by atoms with Gasteiger partial charge in [-0.1, -0.05) is 18.2 Å². The second-order valence-corrected chi connectivity index (χ2v) is 5.88. The maximum atomic E-state index is 13.8. The van der Waals surface area contributed by atoms with Gasteiger partial charge in [0.25, 0.3) is 0 Å². The van der Waals surface area contributed by atoms with Crippen molar-refractivity contribution in [2.75, 3.05) is 13.6 Å². The van der Waals surface area contributed by atoms with Crippen LogP contribution >= 0.6 is 0 Å². The first-order valence-electron chi connectivity index (χ1n) is 7.56. The minimum Gasteiger partial charge on any atom is -0.334 e. The molecule has 0 aromatic heterocycles. The zero-order valence-electron chi connectivity index (χ0n) is 13.1. The molecule has 7 nitrogen and oxygen atoms in total. The highest BCUT2D eigenvalue weighted by molar-refractivity contribution is 6.44. The molecular weight excluding hydrogens is 317 g/mol. The number of carbonyl (C=O) groups excluding carboxylic acids is 4. The third kappa shape index (κ3) is 2.86. The highest BCUT2D eigenvalue weighted by Crippen LogP contribution is 2.29. The van der Waals surface area contributed by atoms with Gasteiger partial charge in [-0.3, -0.25) is 19.3 Å². The number of hydrogen-bond acceptors (Lipinski definition) is 4. The Hall–Kier alpha value is -2.77. The predicted molar refractivity (Wildman–Crippen MR) is 79.9 cm³/mol. The second kappa shape index (κ2) is 6.03. The van der Waals surface area contributed by atoms with Crippen molar-refractivity contribution in [3.05, 3.63) is 35.6 Å². The van der Waals surface area contributed by atoms with E-state index in [1.807, 2.05) is 0 Å². The van der Waals surface area contributed by atoms with Gasteiger partial charge in [0.15, 0.2) is 0 Å². The van der Waals surface area contributed by atoms with E-state index in [4.69, 9.17) is 0 Å². The molecule has 1 saturated heterocycles. The lowest BCUT2D eigenvalue weighted by Gasteiger charge is -2.24. The number of urea groups is 1. The summed E-state index contributed by atoms with van der Waals surface area (Å²) in [5, 5.41) is 0. The number of rotatable bonds is 5. The third-order valence-electron chi connectivity index (χ3n) is 4.15. The minimum atomic E-state index is -1.02. The zero-order valence-corrected chi connectivity index (χ0v) is 13.1. The molecule has 0 unspecified atom stereocenters. The van der Waals surface area contributed by atoms with Crippen LogP contribution in [0.4, 0.5) is 9.18 Å². The maximum absolute atomic E-state index is 13.8. The van der Waals surface area contributed by atoms with Gasteiger partial charge in [0.2, 0.25) is 5.91 Å². The van der Waals surface area contributed by atoms with E-state index in [1.165, 1.54) is 18.0 Å².